The summed E-state index contributed by atoms with van der Waals surface area (Å²) in [6.45, 7) is 5.04. The van der Waals surface area contributed by atoms with Crippen LogP contribution in [0.1, 0.15) is 16.7 Å². The fourth-order valence-electron chi connectivity index (χ4n) is 2.95. The number of nitrogens with one attached hydrogen (secondary N) is 1. The van der Waals surface area contributed by atoms with Crippen molar-refractivity contribution in [1.29, 1.82) is 0 Å². The van der Waals surface area contributed by atoms with Gasteiger partial charge in [-0.15, -0.1) is 0 Å². The van der Waals surface area contributed by atoms with Gasteiger partial charge in [0.25, 0.3) is 10.0 Å². The van der Waals surface area contributed by atoms with E-state index in [1.165, 1.54) is 7.05 Å². The van der Waals surface area contributed by atoms with Crippen LogP contribution in [0.2, 0.25) is 5.02 Å². The summed E-state index contributed by atoms with van der Waals surface area (Å²) in [6.07, 6.45) is 1.08. The number of benzene rings is 2. The Morgan fingerprint density at radius 1 is 0.962 bits per heavy atom. The molecule has 9 heteroatoms. The Bertz CT molecular complexity index is 1050. The van der Waals surface area contributed by atoms with Crippen LogP contribution >= 0.6 is 11.6 Å². The summed E-state index contributed by atoms with van der Waals surface area (Å²) >= 11 is 5.83. The van der Waals surface area contributed by atoms with Crippen LogP contribution in [0.25, 0.3) is 0 Å². The molecule has 2 aromatic rings. The van der Waals surface area contributed by atoms with E-state index in [0.29, 0.717) is 33.1 Å². The van der Waals surface area contributed by atoms with Gasteiger partial charge in [-0.1, -0.05) is 17.7 Å². The zero-order chi connectivity index (χ0) is 19.9. The van der Waals surface area contributed by atoms with Crippen molar-refractivity contribution in [2.24, 2.45) is 0 Å². The maximum absolute atomic E-state index is 13.0. The molecule has 0 aliphatic carbocycles. The highest BCUT2D eigenvalue weighted by Gasteiger charge is 2.26. The van der Waals surface area contributed by atoms with E-state index >= 15 is 0 Å². The van der Waals surface area contributed by atoms with Crippen molar-refractivity contribution in [2.45, 2.75) is 25.7 Å². The lowest BCUT2D eigenvalue weighted by Gasteiger charge is -2.24. The monoisotopic (exact) mass is 416 g/mol. The van der Waals surface area contributed by atoms with Gasteiger partial charge in [0.05, 0.1) is 16.8 Å². The van der Waals surface area contributed by atoms with Crippen molar-refractivity contribution in [2.75, 3.05) is 22.3 Å². The maximum Gasteiger partial charge on any atom is 0.262 e. The zero-order valence-electron chi connectivity index (χ0n) is 15.2. The summed E-state index contributed by atoms with van der Waals surface area (Å²) in [7, 11) is -6.05. The molecule has 0 radical (unpaired) electrons. The Labute approximate surface area is 159 Å². The molecule has 0 fully saturated rings. The second kappa shape index (κ2) is 7.09. The molecule has 0 unspecified atom stereocenters. The minimum absolute atomic E-state index is 0.0588. The van der Waals surface area contributed by atoms with E-state index in [4.69, 9.17) is 11.6 Å². The molecule has 0 heterocycles. The summed E-state index contributed by atoms with van der Waals surface area (Å²) in [6, 6.07) is 7.94. The lowest BCUT2D eigenvalue weighted by molar-refractivity contribution is 0.596. The van der Waals surface area contributed by atoms with E-state index in [-0.39, 0.29) is 4.90 Å². The highest BCUT2D eigenvalue weighted by Crippen LogP contribution is 2.34. The Morgan fingerprint density at radius 3 is 2.00 bits per heavy atom. The third kappa shape index (κ3) is 4.13. The largest absolute Gasteiger partial charge is 0.280 e. The van der Waals surface area contributed by atoms with Gasteiger partial charge < -0.3 is 0 Å². The van der Waals surface area contributed by atoms with Crippen LogP contribution < -0.4 is 9.03 Å². The van der Waals surface area contributed by atoms with Crippen LogP contribution in [0.4, 0.5) is 11.4 Å². The van der Waals surface area contributed by atoms with Gasteiger partial charge in [0.1, 0.15) is 0 Å². The minimum Gasteiger partial charge on any atom is -0.280 e. The van der Waals surface area contributed by atoms with E-state index in [1.54, 1.807) is 51.1 Å². The minimum atomic E-state index is -3.92. The number of aryl methyl sites for hydroxylation is 2. The second-order valence-corrected chi connectivity index (χ2v) is 10.2. The number of hydrogen-bond donors (Lipinski definition) is 1. The molecule has 0 spiro atoms. The first-order valence-electron chi connectivity index (χ1n) is 7.67. The lowest BCUT2D eigenvalue weighted by atomic mass is 10.1. The first kappa shape index (κ1) is 20.5. The molecule has 142 valence electrons. The second-order valence-electron chi connectivity index (χ2n) is 6.16. The number of halogens is 1. The van der Waals surface area contributed by atoms with E-state index in [1.807, 2.05) is 0 Å². The summed E-state index contributed by atoms with van der Waals surface area (Å²) < 4.78 is 53.4. The maximum atomic E-state index is 13.0. The van der Waals surface area contributed by atoms with Crippen molar-refractivity contribution in [1.82, 2.24) is 0 Å². The van der Waals surface area contributed by atoms with Crippen molar-refractivity contribution >= 4 is 43.0 Å². The smallest absolute Gasteiger partial charge is 0.262 e. The molecule has 1 N–H and O–H groups in total. The first-order chi connectivity index (χ1) is 11.8. The Hall–Kier alpha value is -1.77. The molecule has 2 aromatic carbocycles. The van der Waals surface area contributed by atoms with Crippen molar-refractivity contribution in [3.8, 4) is 0 Å². The van der Waals surface area contributed by atoms with E-state index in [2.05, 4.69) is 4.72 Å². The van der Waals surface area contributed by atoms with Crippen molar-refractivity contribution in [3.05, 3.63) is 52.0 Å². The first-order valence-corrected chi connectivity index (χ1v) is 11.4. The summed E-state index contributed by atoms with van der Waals surface area (Å²) in [5, 5.41) is 0.493. The van der Waals surface area contributed by atoms with Gasteiger partial charge in [-0.25, -0.2) is 16.8 Å². The Morgan fingerprint density at radius 2 is 1.50 bits per heavy atom. The number of nitrogens with zero attached hydrogens (tertiary/aromatic N) is 1. The van der Waals surface area contributed by atoms with Crippen molar-refractivity contribution in [3.63, 3.8) is 0 Å². The Balaban J connectivity index is 2.63. The Kier molecular flexibility index (Phi) is 5.60. The molecule has 0 saturated heterocycles. The average molecular weight is 417 g/mol. The molecule has 0 bridgehead atoms. The topological polar surface area (TPSA) is 83.6 Å². The van der Waals surface area contributed by atoms with Gasteiger partial charge in [-0.2, -0.15) is 0 Å². The normalized spacial score (nSPS) is 12.1. The van der Waals surface area contributed by atoms with Crippen LogP contribution in [0.15, 0.2) is 35.2 Å². The summed E-state index contributed by atoms with van der Waals surface area (Å²) in [4.78, 5) is 0.0588. The highest BCUT2D eigenvalue weighted by molar-refractivity contribution is 7.93. The van der Waals surface area contributed by atoms with Gasteiger partial charge in [0.2, 0.25) is 10.0 Å². The molecular formula is C17H21ClN2O4S2. The SMILES string of the molecule is Cc1cc(C)c(S(=O)(=O)Nc2ccc(Cl)cc2)c(C)c1N(C)S(C)(=O)=O. The van der Waals surface area contributed by atoms with Crippen molar-refractivity contribution < 1.29 is 16.8 Å². The molecule has 6 nitrogen and oxygen atoms in total. The van der Waals surface area contributed by atoms with E-state index < -0.39 is 20.0 Å². The number of rotatable bonds is 5. The highest BCUT2D eigenvalue weighted by atomic mass is 35.5. The molecule has 2 rings (SSSR count). The zero-order valence-corrected chi connectivity index (χ0v) is 17.6. The molecule has 0 atom stereocenters. The molecular weight excluding hydrogens is 396 g/mol. The number of sulfonamides is 2. The van der Waals surface area contributed by atoms with Crippen LogP contribution in [-0.4, -0.2) is 30.1 Å². The quantitative estimate of drug-likeness (QED) is 0.808. The fourth-order valence-corrected chi connectivity index (χ4v) is 5.22. The third-order valence-electron chi connectivity index (χ3n) is 4.04. The van der Waals surface area contributed by atoms with Gasteiger partial charge >= 0.3 is 0 Å². The molecule has 0 saturated carbocycles. The van der Waals surface area contributed by atoms with E-state index in [9.17, 15) is 16.8 Å². The van der Waals surface area contributed by atoms with Gasteiger partial charge in [0.15, 0.2) is 0 Å². The average Bonchev–Trinajstić information content (AvgIpc) is 2.47. The predicted octanol–water partition coefficient (Wildman–Crippen LogP) is 3.46. The summed E-state index contributed by atoms with van der Waals surface area (Å²) in [5.74, 6) is 0. The van der Waals surface area contributed by atoms with Gasteiger partial charge in [0, 0.05) is 17.8 Å². The number of hydrogen-bond acceptors (Lipinski definition) is 4. The predicted molar refractivity (Wildman–Crippen MR) is 106 cm³/mol. The van der Waals surface area contributed by atoms with E-state index in [0.717, 1.165) is 10.6 Å². The standard InChI is InChI=1S/C17H21ClN2O4S2/c1-11-10-12(2)17(13(3)16(11)20(4)25(5,21)22)26(23,24)19-15-8-6-14(18)7-9-15/h6-10,19H,1-5H3. The summed E-state index contributed by atoms with van der Waals surface area (Å²) in [5.41, 5.74) is 2.31. The molecule has 0 aromatic heterocycles. The molecule has 0 amide bonds. The van der Waals surface area contributed by atoms with Crippen LogP contribution in [0.3, 0.4) is 0 Å². The molecule has 0 aliphatic heterocycles. The van der Waals surface area contributed by atoms with Gasteiger partial charge in [-0.05, 0) is 61.7 Å². The van der Waals surface area contributed by atoms with Crippen LogP contribution in [0.5, 0.6) is 0 Å². The molecule has 0 aliphatic rings. The lowest BCUT2D eigenvalue weighted by Crippen LogP contribution is -2.27. The van der Waals surface area contributed by atoms with Crippen LogP contribution in [-0.2, 0) is 20.0 Å². The number of anilines is 2. The third-order valence-corrected chi connectivity index (χ3v) is 7.14. The fraction of sp³-hybridized carbons (Fsp3) is 0.294. The molecule has 26 heavy (non-hydrogen) atoms. The van der Waals surface area contributed by atoms with Gasteiger partial charge in [-0.3, -0.25) is 9.03 Å². The van der Waals surface area contributed by atoms with Crippen LogP contribution in [0, 0.1) is 20.8 Å².